The molecule has 4 nitrogen and oxygen atoms in total. The molecule has 1 rings (SSSR count). The molecule has 0 saturated carbocycles. The summed E-state index contributed by atoms with van der Waals surface area (Å²) in [5.74, 6) is 0.628. The highest BCUT2D eigenvalue weighted by Crippen LogP contribution is 2.09. The number of nitrogens with one attached hydrogen (secondary N) is 2. The fraction of sp³-hybridized carbons (Fsp3) is 0.625. The summed E-state index contributed by atoms with van der Waals surface area (Å²) in [6, 6.07) is 3.83. The van der Waals surface area contributed by atoms with Gasteiger partial charge in [-0.1, -0.05) is 26.7 Å². The number of rotatable bonds is 8. The van der Waals surface area contributed by atoms with Gasteiger partial charge in [-0.2, -0.15) is 0 Å². The third-order valence-corrected chi connectivity index (χ3v) is 3.17. The van der Waals surface area contributed by atoms with Crippen molar-refractivity contribution in [3.63, 3.8) is 0 Å². The minimum Gasteiger partial charge on any atom is -0.384 e. The van der Waals surface area contributed by atoms with Crippen LogP contribution in [0.5, 0.6) is 0 Å². The zero-order chi connectivity index (χ0) is 15.0. The minimum atomic E-state index is -0.0925. The first kappa shape index (κ1) is 16.5. The van der Waals surface area contributed by atoms with E-state index in [2.05, 4.69) is 29.5 Å². The number of aromatic nitrogens is 1. The van der Waals surface area contributed by atoms with Gasteiger partial charge in [0.2, 0.25) is 0 Å². The molecule has 0 saturated heterocycles. The third kappa shape index (κ3) is 6.04. The van der Waals surface area contributed by atoms with Gasteiger partial charge < -0.3 is 10.6 Å². The van der Waals surface area contributed by atoms with Crippen LogP contribution in [-0.2, 0) is 0 Å². The number of carbonyl (C=O) groups is 1. The van der Waals surface area contributed by atoms with Gasteiger partial charge in [-0.15, -0.1) is 0 Å². The SMILES string of the molecule is CCNc1ccc(C(=O)NC(C)CCCC(C)C)nc1. The Hall–Kier alpha value is -1.58. The zero-order valence-corrected chi connectivity index (χ0v) is 13.1. The van der Waals surface area contributed by atoms with Gasteiger partial charge in [0.1, 0.15) is 5.69 Å². The van der Waals surface area contributed by atoms with E-state index < -0.39 is 0 Å². The van der Waals surface area contributed by atoms with Crippen LogP contribution < -0.4 is 10.6 Å². The topological polar surface area (TPSA) is 54.0 Å². The molecule has 2 N–H and O–H groups in total. The highest BCUT2D eigenvalue weighted by atomic mass is 16.1. The van der Waals surface area contributed by atoms with Crippen molar-refractivity contribution in [3.05, 3.63) is 24.0 Å². The predicted octanol–water partition coefficient (Wildman–Crippen LogP) is 3.46. The van der Waals surface area contributed by atoms with E-state index in [-0.39, 0.29) is 11.9 Å². The monoisotopic (exact) mass is 277 g/mol. The largest absolute Gasteiger partial charge is 0.384 e. The quantitative estimate of drug-likeness (QED) is 0.765. The zero-order valence-electron chi connectivity index (χ0n) is 13.1. The fourth-order valence-electron chi connectivity index (χ4n) is 2.04. The molecule has 1 aromatic heterocycles. The number of pyridine rings is 1. The molecule has 1 amide bonds. The first-order chi connectivity index (χ1) is 9.52. The van der Waals surface area contributed by atoms with E-state index in [1.54, 1.807) is 12.3 Å². The minimum absolute atomic E-state index is 0.0925. The van der Waals surface area contributed by atoms with Crippen LogP contribution in [-0.4, -0.2) is 23.5 Å². The lowest BCUT2D eigenvalue weighted by molar-refractivity contribution is 0.0933. The van der Waals surface area contributed by atoms with Crippen LogP contribution in [0.4, 0.5) is 5.69 Å². The lowest BCUT2D eigenvalue weighted by Gasteiger charge is -2.14. The van der Waals surface area contributed by atoms with Crippen molar-refractivity contribution in [2.75, 3.05) is 11.9 Å². The second-order valence-corrected chi connectivity index (χ2v) is 5.66. The van der Waals surface area contributed by atoms with E-state index in [1.807, 2.05) is 19.9 Å². The molecule has 1 unspecified atom stereocenters. The Labute approximate surface area is 122 Å². The first-order valence-corrected chi connectivity index (χ1v) is 7.53. The van der Waals surface area contributed by atoms with Crippen LogP contribution >= 0.6 is 0 Å². The van der Waals surface area contributed by atoms with Crippen molar-refractivity contribution in [3.8, 4) is 0 Å². The lowest BCUT2D eigenvalue weighted by atomic mass is 10.0. The van der Waals surface area contributed by atoms with Crippen LogP contribution in [0, 0.1) is 5.92 Å². The number of anilines is 1. The van der Waals surface area contributed by atoms with Crippen molar-refractivity contribution in [2.45, 2.75) is 53.0 Å². The Morgan fingerprint density at radius 3 is 2.55 bits per heavy atom. The van der Waals surface area contributed by atoms with E-state index in [1.165, 1.54) is 6.42 Å². The first-order valence-electron chi connectivity index (χ1n) is 7.53. The Kier molecular flexibility index (Phi) is 7.05. The molecule has 0 aliphatic carbocycles. The molecule has 112 valence electrons. The number of amides is 1. The Balaban J connectivity index is 2.41. The van der Waals surface area contributed by atoms with Crippen LogP contribution in [0.25, 0.3) is 0 Å². The molecule has 1 heterocycles. The average molecular weight is 277 g/mol. The van der Waals surface area contributed by atoms with Gasteiger partial charge >= 0.3 is 0 Å². The maximum Gasteiger partial charge on any atom is 0.270 e. The van der Waals surface area contributed by atoms with E-state index in [0.717, 1.165) is 31.0 Å². The summed E-state index contributed by atoms with van der Waals surface area (Å²) in [7, 11) is 0. The Bertz CT molecular complexity index is 401. The lowest BCUT2D eigenvalue weighted by Crippen LogP contribution is -2.33. The highest BCUT2D eigenvalue weighted by Gasteiger charge is 2.11. The number of hydrogen-bond donors (Lipinski definition) is 2. The fourth-order valence-corrected chi connectivity index (χ4v) is 2.04. The van der Waals surface area contributed by atoms with Gasteiger partial charge in [0, 0.05) is 12.6 Å². The molecule has 1 aromatic rings. The molecule has 0 radical (unpaired) electrons. The second kappa shape index (κ2) is 8.56. The predicted molar refractivity (Wildman–Crippen MR) is 84.0 cm³/mol. The number of carbonyl (C=O) groups excluding carboxylic acids is 1. The van der Waals surface area contributed by atoms with Gasteiger partial charge in [0.15, 0.2) is 0 Å². The molecule has 0 spiro atoms. The summed E-state index contributed by atoms with van der Waals surface area (Å²) in [5.41, 5.74) is 1.41. The molecule has 0 bridgehead atoms. The van der Waals surface area contributed by atoms with Gasteiger partial charge in [0.25, 0.3) is 5.91 Å². The Morgan fingerprint density at radius 1 is 1.25 bits per heavy atom. The summed E-state index contributed by atoms with van der Waals surface area (Å²) in [5, 5.41) is 6.16. The van der Waals surface area contributed by atoms with Crippen molar-refractivity contribution in [2.24, 2.45) is 5.92 Å². The molecule has 20 heavy (non-hydrogen) atoms. The van der Waals surface area contributed by atoms with Gasteiger partial charge in [0.05, 0.1) is 11.9 Å². The molecular formula is C16H27N3O. The van der Waals surface area contributed by atoms with Crippen LogP contribution in [0.15, 0.2) is 18.3 Å². The van der Waals surface area contributed by atoms with E-state index in [9.17, 15) is 4.79 Å². The van der Waals surface area contributed by atoms with Crippen LogP contribution in [0.3, 0.4) is 0 Å². The molecular weight excluding hydrogens is 250 g/mol. The summed E-state index contributed by atoms with van der Waals surface area (Å²) >= 11 is 0. The van der Waals surface area contributed by atoms with Gasteiger partial charge in [-0.05, 0) is 38.3 Å². The van der Waals surface area contributed by atoms with E-state index >= 15 is 0 Å². The molecule has 0 fully saturated rings. The molecule has 0 aliphatic heterocycles. The highest BCUT2D eigenvalue weighted by molar-refractivity contribution is 5.92. The van der Waals surface area contributed by atoms with Crippen molar-refractivity contribution < 1.29 is 4.79 Å². The maximum absolute atomic E-state index is 12.0. The Morgan fingerprint density at radius 2 is 2.00 bits per heavy atom. The standard InChI is InChI=1S/C16H27N3O/c1-5-17-14-9-10-15(18-11-14)16(20)19-13(4)8-6-7-12(2)3/h9-13,17H,5-8H2,1-4H3,(H,19,20). The average Bonchev–Trinajstić information content (AvgIpc) is 2.39. The van der Waals surface area contributed by atoms with Crippen molar-refractivity contribution in [1.82, 2.24) is 10.3 Å². The normalized spacial score (nSPS) is 12.2. The summed E-state index contributed by atoms with van der Waals surface area (Å²) in [6.07, 6.45) is 5.06. The van der Waals surface area contributed by atoms with Crippen molar-refractivity contribution in [1.29, 1.82) is 0 Å². The van der Waals surface area contributed by atoms with Crippen LogP contribution in [0.2, 0.25) is 0 Å². The molecule has 1 atom stereocenters. The maximum atomic E-state index is 12.0. The number of hydrogen-bond acceptors (Lipinski definition) is 3. The third-order valence-electron chi connectivity index (χ3n) is 3.17. The van der Waals surface area contributed by atoms with Gasteiger partial charge in [-0.3, -0.25) is 4.79 Å². The van der Waals surface area contributed by atoms with Crippen molar-refractivity contribution >= 4 is 11.6 Å². The molecule has 0 aromatic carbocycles. The molecule has 0 aliphatic rings. The molecule has 4 heteroatoms. The summed E-state index contributed by atoms with van der Waals surface area (Å²) < 4.78 is 0. The number of nitrogens with zero attached hydrogens (tertiary/aromatic N) is 1. The van der Waals surface area contributed by atoms with E-state index in [4.69, 9.17) is 0 Å². The van der Waals surface area contributed by atoms with Gasteiger partial charge in [-0.25, -0.2) is 4.98 Å². The second-order valence-electron chi connectivity index (χ2n) is 5.66. The van der Waals surface area contributed by atoms with Crippen LogP contribution in [0.1, 0.15) is 57.4 Å². The summed E-state index contributed by atoms with van der Waals surface area (Å²) in [6.45, 7) is 9.36. The smallest absolute Gasteiger partial charge is 0.270 e. The van der Waals surface area contributed by atoms with E-state index in [0.29, 0.717) is 5.69 Å². The summed E-state index contributed by atoms with van der Waals surface area (Å²) in [4.78, 5) is 16.2.